The van der Waals surface area contributed by atoms with Crippen molar-refractivity contribution in [2.45, 2.75) is 5.41 Å². The molecule has 63 heavy (non-hydrogen) atoms. The Bertz CT molecular complexity index is 3510. The van der Waals surface area contributed by atoms with E-state index in [9.17, 15) is 10.5 Å². The first kappa shape index (κ1) is 36.1. The van der Waals surface area contributed by atoms with Gasteiger partial charge in [-0.25, -0.2) is 15.0 Å². The van der Waals surface area contributed by atoms with Gasteiger partial charge in [0.1, 0.15) is 0 Å². The molecule has 0 saturated heterocycles. The minimum absolute atomic E-state index is 0.605. The van der Waals surface area contributed by atoms with E-state index in [1.807, 2.05) is 97.1 Å². The summed E-state index contributed by atoms with van der Waals surface area (Å²) in [6.07, 6.45) is 0. The molecule has 0 N–H and O–H groups in total. The van der Waals surface area contributed by atoms with E-state index in [0.29, 0.717) is 28.6 Å². The standard InChI is InChI=1S/C58H33N5/c59-34-36-22-26-38(27-23-36)42-30-31-46-51(32-42)58(52-33-48(39-28-24-37(35-60)25-29-39)43-16-7-8-17-44(43)53(46)52)49-20-10-9-18-45(49)54-47(19-11-21-50(54)58)57-62-55(40-12-3-1-4-13-40)61-56(63-57)41-14-5-2-6-15-41/h1-33H. The first-order valence-electron chi connectivity index (χ1n) is 21.0. The van der Waals surface area contributed by atoms with Crippen LogP contribution in [0.3, 0.4) is 0 Å². The van der Waals surface area contributed by atoms with E-state index in [2.05, 4.69) is 115 Å². The monoisotopic (exact) mass is 799 g/mol. The Labute approximate surface area is 364 Å². The van der Waals surface area contributed by atoms with Crippen LogP contribution in [0.1, 0.15) is 33.4 Å². The molecule has 1 spiro atoms. The van der Waals surface area contributed by atoms with Crippen LogP contribution in [0.5, 0.6) is 0 Å². The van der Waals surface area contributed by atoms with Crippen molar-refractivity contribution in [3.63, 3.8) is 0 Å². The van der Waals surface area contributed by atoms with Gasteiger partial charge in [-0.1, -0.05) is 164 Å². The molecule has 5 heteroatoms. The van der Waals surface area contributed by atoms with Crippen LogP contribution in [0, 0.1) is 22.7 Å². The van der Waals surface area contributed by atoms with Crippen molar-refractivity contribution in [3.05, 3.63) is 234 Å². The van der Waals surface area contributed by atoms with Crippen LogP contribution in [0.2, 0.25) is 0 Å². The summed E-state index contributed by atoms with van der Waals surface area (Å²) in [6, 6.07) is 74.0. The summed E-state index contributed by atoms with van der Waals surface area (Å²) in [4.78, 5) is 15.6. The van der Waals surface area contributed by atoms with Gasteiger partial charge < -0.3 is 0 Å². The Morgan fingerprint density at radius 1 is 0.317 bits per heavy atom. The first-order valence-corrected chi connectivity index (χ1v) is 21.0. The zero-order chi connectivity index (χ0) is 42.1. The Balaban J connectivity index is 1.19. The van der Waals surface area contributed by atoms with Crippen molar-refractivity contribution in [2.24, 2.45) is 0 Å². The molecule has 0 radical (unpaired) electrons. The largest absolute Gasteiger partial charge is 0.208 e. The van der Waals surface area contributed by atoms with Gasteiger partial charge in [0.25, 0.3) is 0 Å². The van der Waals surface area contributed by atoms with Gasteiger partial charge in [0.15, 0.2) is 17.5 Å². The Morgan fingerprint density at radius 3 is 1.51 bits per heavy atom. The van der Waals surface area contributed by atoms with Gasteiger partial charge in [-0.2, -0.15) is 10.5 Å². The van der Waals surface area contributed by atoms with Crippen molar-refractivity contribution in [2.75, 3.05) is 0 Å². The van der Waals surface area contributed by atoms with Gasteiger partial charge in [0, 0.05) is 16.7 Å². The molecule has 0 saturated carbocycles. The van der Waals surface area contributed by atoms with E-state index in [4.69, 9.17) is 15.0 Å². The second-order valence-corrected chi connectivity index (χ2v) is 16.1. The van der Waals surface area contributed by atoms with Crippen LogP contribution >= 0.6 is 0 Å². The minimum Gasteiger partial charge on any atom is -0.208 e. The Hall–Kier alpha value is -8.77. The molecule has 2 aliphatic carbocycles. The quantitative estimate of drug-likeness (QED) is 0.173. The summed E-state index contributed by atoms with van der Waals surface area (Å²) >= 11 is 0. The molecule has 12 rings (SSSR count). The van der Waals surface area contributed by atoms with Gasteiger partial charge in [0.05, 0.1) is 28.7 Å². The van der Waals surface area contributed by atoms with E-state index in [-0.39, 0.29) is 0 Å². The molecular formula is C58H33N5. The number of nitriles is 2. The third kappa shape index (κ3) is 5.44. The molecule has 9 aromatic carbocycles. The van der Waals surface area contributed by atoms with Crippen molar-refractivity contribution >= 4 is 10.8 Å². The third-order valence-corrected chi connectivity index (χ3v) is 12.8. The number of hydrogen-bond acceptors (Lipinski definition) is 5. The van der Waals surface area contributed by atoms with Crippen molar-refractivity contribution < 1.29 is 0 Å². The van der Waals surface area contributed by atoms with E-state index in [1.165, 1.54) is 27.8 Å². The lowest BCUT2D eigenvalue weighted by atomic mass is 9.69. The summed E-state index contributed by atoms with van der Waals surface area (Å²) in [6.45, 7) is 0. The number of fused-ring (bicyclic) bond motifs is 12. The fourth-order valence-corrected chi connectivity index (χ4v) is 10.1. The fourth-order valence-electron chi connectivity index (χ4n) is 10.1. The molecule has 0 bridgehead atoms. The Morgan fingerprint density at radius 2 is 0.841 bits per heavy atom. The van der Waals surface area contributed by atoms with Crippen molar-refractivity contribution in [3.8, 4) is 90.8 Å². The van der Waals surface area contributed by atoms with Crippen LogP contribution < -0.4 is 0 Å². The minimum atomic E-state index is -0.738. The normalized spacial score (nSPS) is 14.1. The summed E-state index contributed by atoms with van der Waals surface area (Å²) in [7, 11) is 0. The Kier molecular flexibility index (Phi) is 8.12. The average Bonchev–Trinajstić information content (AvgIpc) is 3.83. The lowest BCUT2D eigenvalue weighted by molar-refractivity contribution is 0.795. The average molecular weight is 800 g/mol. The molecule has 1 aromatic heterocycles. The van der Waals surface area contributed by atoms with Gasteiger partial charge >= 0.3 is 0 Å². The highest BCUT2D eigenvalue weighted by molar-refractivity contribution is 6.12. The first-order chi connectivity index (χ1) is 31.1. The van der Waals surface area contributed by atoms with Crippen LogP contribution in [-0.2, 0) is 5.41 Å². The van der Waals surface area contributed by atoms with Crippen LogP contribution in [0.4, 0.5) is 0 Å². The molecule has 1 unspecified atom stereocenters. The highest BCUT2D eigenvalue weighted by atomic mass is 15.0. The van der Waals surface area contributed by atoms with Crippen LogP contribution in [0.15, 0.2) is 200 Å². The highest BCUT2D eigenvalue weighted by Gasteiger charge is 2.53. The molecule has 0 aliphatic heterocycles. The summed E-state index contributed by atoms with van der Waals surface area (Å²) in [5.41, 5.74) is 16.9. The lowest BCUT2D eigenvalue weighted by Gasteiger charge is -2.31. The van der Waals surface area contributed by atoms with Gasteiger partial charge in [-0.15, -0.1) is 0 Å². The number of hydrogen-bond donors (Lipinski definition) is 0. The molecular weight excluding hydrogens is 767 g/mol. The predicted octanol–water partition coefficient (Wildman–Crippen LogP) is 13.4. The predicted molar refractivity (Wildman–Crippen MR) is 250 cm³/mol. The summed E-state index contributed by atoms with van der Waals surface area (Å²) in [5.74, 6) is 1.83. The number of aromatic nitrogens is 3. The second-order valence-electron chi connectivity index (χ2n) is 16.1. The van der Waals surface area contributed by atoms with Crippen LogP contribution in [-0.4, -0.2) is 15.0 Å². The van der Waals surface area contributed by atoms with Gasteiger partial charge in [-0.05, 0) is 114 Å². The maximum absolute atomic E-state index is 9.73. The summed E-state index contributed by atoms with van der Waals surface area (Å²) < 4.78 is 0. The smallest absolute Gasteiger partial charge is 0.164 e. The molecule has 2 aliphatic rings. The van der Waals surface area contributed by atoms with Gasteiger partial charge in [0.2, 0.25) is 0 Å². The molecule has 0 fully saturated rings. The van der Waals surface area contributed by atoms with Crippen LogP contribution in [0.25, 0.3) is 89.4 Å². The van der Waals surface area contributed by atoms with E-state index >= 15 is 0 Å². The topological polar surface area (TPSA) is 86.2 Å². The molecule has 0 amide bonds. The summed E-state index contributed by atoms with van der Waals surface area (Å²) in [5, 5.41) is 21.7. The second kappa shape index (κ2) is 14.2. The number of nitrogens with zero attached hydrogens (tertiary/aromatic N) is 5. The molecule has 1 atom stereocenters. The molecule has 10 aromatic rings. The highest BCUT2D eigenvalue weighted by Crippen LogP contribution is 2.65. The molecule has 1 heterocycles. The fraction of sp³-hybridized carbons (Fsp3) is 0.0172. The third-order valence-electron chi connectivity index (χ3n) is 12.8. The van der Waals surface area contributed by atoms with Crippen molar-refractivity contribution in [1.82, 2.24) is 15.0 Å². The lowest BCUT2D eigenvalue weighted by Crippen LogP contribution is -2.26. The molecule has 5 nitrogen and oxygen atoms in total. The maximum Gasteiger partial charge on any atom is 0.164 e. The van der Waals surface area contributed by atoms with E-state index < -0.39 is 5.41 Å². The maximum atomic E-state index is 9.73. The number of rotatable bonds is 5. The van der Waals surface area contributed by atoms with E-state index in [1.54, 1.807) is 0 Å². The van der Waals surface area contributed by atoms with E-state index in [0.717, 1.165) is 66.4 Å². The SMILES string of the molecule is N#Cc1ccc(-c2ccc3c(c2)C2(c4ccccc4-c4c(-c5nc(-c6ccccc6)nc(-c6ccccc6)n5)cccc42)c2cc(-c4ccc(C#N)cc4)c4ccccc4c2-3)cc1. The molecule has 290 valence electrons. The van der Waals surface area contributed by atoms with Gasteiger partial charge in [-0.3, -0.25) is 0 Å². The van der Waals surface area contributed by atoms with Crippen molar-refractivity contribution in [1.29, 1.82) is 10.5 Å². The number of benzene rings is 9. The zero-order valence-corrected chi connectivity index (χ0v) is 33.8. The zero-order valence-electron chi connectivity index (χ0n) is 33.8.